The molecule has 2 rings (SSSR count). The van der Waals surface area contributed by atoms with Crippen molar-refractivity contribution in [2.45, 2.75) is 32.7 Å². The van der Waals surface area contributed by atoms with Crippen LogP contribution in [0.3, 0.4) is 0 Å². The zero-order valence-electron chi connectivity index (χ0n) is 15.8. The summed E-state index contributed by atoms with van der Waals surface area (Å²) in [6.45, 7) is 4.98. The Bertz CT molecular complexity index is 628. The highest BCUT2D eigenvalue weighted by Gasteiger charge is 2.23. The second kappa shape index (κ2) is 10.3. The van der Waals surface area contributed by atoms with Gasteiger partial charge in [-0.15, -0.1) is 0 Å². The van der Waals surface area contributed by atoms with E-state index < -0.39 is 0 Å². The molecule has 0 aliphatic carbocycles. The van der Waals surface area contributed by atoms with Crippen LogP contribution in [0.5, 0.6) is 5.75 Å². The summed E-state index contributed by atoms with van der Waals surface area (Å²) in [5.74, 6) is 2.25. The van der Waals surface area contributed by atoms with Crippen molar-refractivity contribution in [1.82, 2.24) is 15.5 Å². The number of guanidine groups is 1. The number of hydrogen-bond donors (Lipinski definition) is 2. The Morgan fingerprint density at radius 1 is 1.38 bits per heavy atom. The summed E-state index contributed by atoms with van der Waals surface area (Å²) in [4.78, 5) is 18.2. The number of piperidine rings is 1. The molecule has 0 spiro atoms. The molecule has 26 heavy (non-hydrogen) atoms. The summed E-state index contributed by atoms with van der Waals surface area (Å²) in [6.07, 6.45) is 2.61. The number of hydrogen-bond acceptors (Lipinski definition) is 3. The third kappa shape index (κ3) is 5.80. The number of rotatable bonds is 6. The third-order valence-corrected chi connectivity index (χ3v) is 4.88. The zero-order chi connectivity index (χ0) is 18.9. The Morgan fingerprint density at radius 3 is 2.73 bits per heavy atom. The third-order valence-electron chi connectivity index (χ3n) is 4.64. The van der Waals surface area contributed by atoms with Gasteiger partial charge in [0.05, 0.1) is 6.61 Å². The summed E-state index contributed by atoms with van der Waals surface area (Å²) < 4.78 is 5.68. The molecule has 0 radical (unpaired) electrons. The lowest BCUT2D eigenvalue weighted by molar-refractivity contribution is -0.121. The lowest BCUT2D eigenvalue weighted by Gasteiger charge is -2.34. The predicted octanol–water partition coefficient (Wildman–Crippen LogP) is 2.66. The van der Waals surface area contributed by atoms with E-state index in [1.165, 1.54) is 0 Å². The SMILES string of the molecule is CCOc1cc(Cl)ccc1CNC(=NC)N1CCC(CC(=O)NC)CC1. The molecule has 1 fully saturated rings. The number of nitrogens with zero attached hydrogens (tertiary/aromatic N) is 2. The van der Waals surface area contributed by atoms with E-state index in [9.17, 15) is 4.79 Å². The van der Waals surface area contributed by atoms with Crippen LogP contribution in [0.15, 0.2) is 23.2 Å². The van der Waals surface area contributed by atoms with E-state index in [4.69, 9.17) is 16.3 Å². The maximum Gasteiger partial charge on any atom is 0.220 e. The summed E-state index contributed by atoms with van der Waals surface area (Å²) in [5.41, 5.74) is 1.05. The van der Waals surface area contributed by atoms with Gasteiger partial charge in [-0.2, -0.15) is 0 Å². The summed E-state index contributed by atoms with van der Waals surface area (Å²) in [6, 6.07) is 5.69. The lowest BCUT2D eigenvalue weighted by Crippen LogP contribution is -2.45. The van der Waals surface area contributed by atoms with Crippen LogP contribution >= 0.6 is 11.6 Å². The van der Waals surface area contributed by atoms with Crippen molar-refractivity contribution in [3.8, 4) is 5.75 Å². The van der Waals surface area contributed by atoms with Crippen molar-refractivity contribution in [1.29, 1.82) is 0 Å². The van der Waals surface area contributed by atoms with E-state index in [0.717, 1.165) is 43.2 Å². The number of likely N-dealkylation sites (tertiary alicyclic amines) is 1. The van der Waals surface area contributed by atoms with E-state index in [-0.39, 0.29) is 5.91 Å². The van der Waals surface area contributed by atoms with Gasteiger partial charge in [0.1, 0.15) is 5.75 Å². The number of halogens is 1. The van der Waals surface area contributed by atoms with Gasteiger partial charge in [-0.1, -0.05) is 17.7 Å². The fraction of sp³-hybridized carbons (Fsp3) is 0.579. The maximum absolute atomic E-state index is 11.5. The fourth-order valence-corrected chi connectivity index (χ4v) is 3.35. The Kier molecular flexibility index (Phi) is 8.04. The number of ether oxygens (including phenoxy) is 1. The molecule has 0 saturated carbocycles. The number of amides is 1. The first kappa shape index (κ1) is 20.4. The first-order chi connectivity index (χ1) is 12.6. The molecule has 1 saturated heterocycles. The quantitative estimate of drug-likeness (QED) is 0.588. The van der Waals surface area contributed by atoms with E-state index in [1.54, 1.807) is 14.1 Å². The van der Waals surface area contributed by atoms with Crippen LogP contribution < -0.4 is 15.4 Å². The smallest absolute Gasteiger partial charge is 0.220 e. The Morgan fingerprint density at radius 2 is 2.12 bits per heavy atom. The zero-order valence-corrected chi connectivity index (χ0v) is 16.6. The van der Waals surface area contributed by atoms with E-state index >= 15 is 0 Å². The highest BCUT2D eigenvalue weighted by atomic mass is 35.5. The molecule has 1 heterocycles. The minimum absolute atomic E-state index is 0.122. The number of aliphatic imine (C=N–C) groups is 1. The van der Waals surface area contributed by atoms with Crippen molar-refractivity contribution in [3.63, 3.8) is 0 Å². The van der Waals surface area contributed by atoms with Gasteiger partial charge in [0.2, 0.25) is 5.91 Å². The highest BCUT2D eigenvalue weighted by molar-refractivity contribution is 6.30. The van der Waals surface area contributed by atoms with Crippen molar-refractivity contribution < 1.29 is 9.53 Å². The van der Waals surface area contributed by atoms with Crippen LogP contribution in [-0.2, 0) is 11.3 Å². The molecule has 0 atom stereocenters. The van der Waals surface area contributed by atoms with E-state index in [1.807, 2.05) is 25.1 Å². The average molecular weight is 381 g/mol. The van der Waals surface area contributed by atoms with Gasteiger partial charge in [0.25, 0.3) is 0 Å². The second-order valence-electron chi connectivity index (χ2n) is 6.39. The fourth-order valence-electron chi connectivity index (χ4n) is 3.18. The number of carbonyl (C=O) groups is 1. The van der Waals surface area contributed by atoms with Gasteiger partial charge in [0.15, 0.2) is 5.96 Å². The molecule has 0 aromatic heterocycles. The van der Waals surface area contributed by atoms with Gasteiger partial charge in [-0.25, -0.2) is 0 Å². The molecule has 1 amide bonds. The molecule has 1 aromatic rings. The normalized spacial score (nSPS) is 15.7. The number of benzene rings is 1. The van der Waals surface area contributed by atoms with Crippen LogP contribution in [0.4, 0.5) is 0 Å². The molecule has 144 valence electrons. The van der Waals surface area contributed by atoms with E-state index in [0.29, 0.717) is 30.5 Å². The highest BCUT2D eigenvalue weighted by Crippen LogP contribution is 2.24. The van der Waals surface area contributed by atoms with Crippen molar-refractivity contribution >= 4 is 23.5 Å². The molecule has 1 aromatic carbocycles. The van der Waals surface area contributed by atoms with Crippen LogP contribution in [0, 0.1) is 5.92 Å². The topological polar surface area (TPSA) is 66.0 Å². The van der Waals surface area contributed by atoms with Crippen LogP contribution in [0.1, 0.15) is 31.7 Å². The average Bonchev–Trinajstić information content (AvgIpc) is 2.65. The van der Waals surface area contributed by atoms with Crippen LogP contribution in [-0.4, -0.2) is 50.6 Å². The van der Waals surface area contributed by atoms with E-state index in [2.05, 4.69) is 20.5 Å². The Hall–Kier alpha value is -1.95. The molecular weight excluding hydrogens is 352 g/mol. The van der Waals surface area contributed by atoms with Crippen LogP contribution in [0.25, 0.3) is 0 Å². The first-order valence-electron chi connectivity index (χ1n) is 9.14. The van der Waals surface area contributed by atoms with Gasteiger partial charge < -0.3 is 20.3 Å². The molecule has 1 aliphatic heterocycles. The lowest BCUT2D eigenvalue weighted by atomic mass is 9.93. The second-order valence-corrected chi connectivity index (χ2v) is 6.83. The maximum atomic E-state index is 11.5. The van der Waals surface area contributed by atoms with Crippen LogP contribution in [0.2, 0.25) is 5.02 Å². The predicted molar refractivity (Wildman–Crippen MR) is 106 cm³/mol. The molecular formula is C19H29ClN4O2. The monoisotopic (exact) mass is 380 g/mol. The number of nitrogens with one attached hydrogen (secondary N) is 2. The van der Waals surface area contributed by atoms with Gasteiger partial charge in [-0.05, 0) is 37.8 Å². The Labute approximate surface area is 161 Å². The standard InChI is InChI=1S/C19H29ClN4O2/c1-4-26-17-12-16(20)6-5-15(17)13-23-19(22-3)24-9-7-14(8-10-24)11-18(25)21-2/h5-6,12,14H,4,7-11,13H2,1-3H3,(H,21,25)(H,22,23). The minimum atomic E-state index is 0.122. The summed E-state index contributed by atoms with van der Waals surface area (Å²) in [7, 11) is 3.49. The Balaban J connectivity index is 1.90. The molecule has 1 aliphatic rings. The van der Waals surface area contributed by atoms with Crippen molar-refractivity contribution in [2.24, 2.45) is 10.9 Å². The molecule has 0 unspecified atom stereocenters. The van der Waals surface area contributed by atoms with Gasteiger partial charge in [-0.3, -0.25) is 9.79 Å². The number of carbonyl (C=O) groups excluding carboxylic acids is 1. The largest absolute Gasteiger partial charge is 0.493 e. The van der Waals surface area contributed by atoms with Gasteiger partial charge >= 0.3 is 0 Å². The first-order valence-corrected chi connectivity index (χ1v) is 9.52. The molecule has 2 N–H and O–H groups in total. The molecule has 6 nitrogen and oxygen atoms in total. The van der Waals surface area contributed by atoms with Gasteiger partial charge in [0, 0.05) is 50.7 Å². The molecule has 0 bridgehead atoms. The van der Waals surface area contributed by atoms with Crippen molar-refractivity contribution in [3.05, 3.63) is 28.8 Å². The van der Waals surface area contributed by atoms with Crippen molar-refractivity contribution in [2.75, 3.05) is 33.8 Å². The molecule has 7 heteroatoms. The summed E-state index contributed by atoms with van der Waals surface area (Å²) in [5, 5.41) is 6.79. The minimum Gasteiger partial charge on any atom is -0.493 e. The summed E-state index contributed by atoms with van der Waals surface area (Å²) >= 11 is 6.06.